The molecule has 2 aromatic rings. The zero-order valence-electron chi connectivity index (χ0n) is 22.7. The van der Waals surface area contributed by atoms with Crippen molar-refractivity contribution < 1.29 is 18.0 Å². The van der Waals surface area contributed by atoms with Crippen molar-refractivity contribution in [3.63, 3.8) is 0 Å². The van der Waals surface area contributed by atoms with Gasteiger partial charge in [-0.25, -0.2) is 13.1 Å². The van der Waals surface area contributed by atoms with Crippen LogP contribution in [0.2, 0.25) is 5.02 Å². The summed E-state index contributed by atoms with van der Waals surface area (Å²) in [6.45, 7) is 7.73. The summed E-state index contributed by atoms with van der Waals surface area (Å²) in [5.74, 6) is -0.347. The Morgan fingerprint density at radius 3 is 2.29 bits per heavy atom. The Labute approximate surface area is 231 Å². The second kappa shape index (κ2) is 13.1. The highest BCUT2D eigenvalue weighted by molar-refractivity contribution is 7.89. The molecule has 1 heterocycles. The van der Waals surface area contributed by atoms with E-state index < -0.39 is 15.6 Å². The van der Waals surface area contributed by atoms with Crippen molar-refractivity contribution in [3.8, 4) is 0 Å². The zero-order chi connectivity index (χ0) is 27.9. The van der Waals surface area contributed by atoms with E-state index in [0.717, 1.165) is 22.3 Å². The van der Waals surface area contributed by atoms with Gasteiger partial charge in [0.2, 0.25) is 21.8 Å². The molecule has 1 aliphatic heterocycles. The Balaban J connectivity index is 1.73. The molecular weight excluding hydrogens is 524 g/mol. The summed E-state index contributed by atoms with van der Waals surface area (Å²) in [5, 5.41) is 3.50. The van der Waals surface area contributed by atoms with Crippen molar-refractivity contribution in [1.29, 1.82) is 0 Å². The average Bonchev–Trinajstić information content (AvgIpc) is 2.82. The maximum absolute atomic E-state index is 13.9. The molecule has 2 aromatic carbocycles. The Morgan fingerprint density at radius 2 is 1.71 bits per heavy atom. The summed E-state index contributed by atoms with van der Waals surface area (Å²) in [4.78, 5) is 30.5. The first-order valence-corrected chi connectivity index (χ1v) is 15.0. The van der Waals surface area contributed by atoms with Crippen LogP contribution < -0.4 is 10.0 Å². The van der Waals surface area contributed by atoms with Gasteiger partial charge in [0.15, 0.2) is 0 Å². The number of sulfonamides is 1. The molecule has 38 heavy (non-hydrogen) atoms. The molecule has 3 rings (SSSR count). The van der Waals surface area contributed by atoms with Crippen LogP contribution in [0.4, 0.5) is 0 Å². The zero-order valence-corrected chi connectivity index (χ0v) is 24.3. The standard InChI is InChI=1S/C28H39ClN4O4S/c1-21-16-22(2)18-24(17-21)19-26(34)33-14-10-28(33,3)27(35)32(20-23-6-8-25(29)9-7-23)13-5-15-38(36,37)31-12-11-30-4/h6-9,16-18,30-31H,5,10-15,19-20H2,1-4H3. The minimum absolute atomic E-state index is 0.0835. The van der Waals surface area contributed by atoms with Crippen molar-refractivity contribution in [2.45, 2.75) is 52.1 Å². The fourth-order valence-corrected chi connectivity index (χ4v) is 6.07. The number of nitrogens with zero attached hydrogens (tertiary/aromatic N) is 2. The quantitative estimate of drug-likeness (QED) is 0.366. The van der Waals surface area contributed by atoms with Crippen LogP contribution in [0, 0.1) is 13.8 Å². The lowest BCUT2D eigenvalue weighted by molar-refractivity contribution is -0.164. The van der Waals surface area contributed by atoms with Gasteiger partial charge in [-0.15, -0.1) is 0 Å². The van der Waals surface area contributed by atoms with Gasteiger partial charge in [0.25, 0.3) is 0 Å². The maximum Gasteiger partial charge on any atom is 0.248 e. The van der Waals surface area contributed by atoms with Crippen LogP contribution in [0.3, 0.4) is 0 Å². The molecule has 10 heteroatoms. The number of benzene rings is 2. The Kier molecular flexibility index (Phi) is 10.3. The van der Waals surface area contributed by atoms with E-state index in [9.17, 15) is 18.0 Å². The number of rotatable bonds is 13. The predicted octanol–water partition coefficient (Wildman–Crippen LogP) is 3.05. The first-order chi connectivity index (χ1) is 17.9. The highest BCUT2D eigenvalue weighted by atomic mass is 35.5. The van der Waals surface area contributed by atoms with E-state index in [4.69, 9.17) is 11.6 Å². The lowest BCUT2D eigenvalue weighted by Gasteiger charge is -2.51. The highest BCUT2D eigenvalue weighted by Crippen LogP contribution is 2.34. The lowest BCUT2D eigenvalue weighted by Crippen LogP contribution is -2.68. The van der Waals surface area contributed by atoms with Crippen LogP contribution in [-0.4, -0.2) is 74.6 Å². The molecule has 1 aliphatic rings. The van der Waals surface area contributed by atoms with E-state index in [0.29, 0.717) is 37.6 Å². The molecule has 0 spiro atoms. The third-order valence-electron chi connectivity index (χ3n) is 6.93. The van der Waals surface area contributed by atoms with E-state index >= 15 is 0 Å². The second-order valence-electron chi connectivity index (χ2n) is 10.3. The van der Waals surface area contributed by atoms with Gasteiger partial charge in [-0.2, -0.15) is 0 Å². The van der Waals surface area contributed by atoms with E-state index in [-0.39, 0.29) is 37.0 Å². The Morgan fingerprint density at radius 1 is 1.05 bits per heavy atom. The van der Waals surface area contributed by atoms with Crippen LogP contribution in [0.1, 0.15) is 42.0 Å². The smallest absolute Gasteiger partial charge is 0.248 e. The van der Waals surface area contributed by atoms with Gasteiger partial charge >= 0.3 is 0 Å². The number of aryl methyl sites for hydroxylation is 2. The van der Waals surface area contributed by atoms with Gasteiger partial charge in [0.1, 0.15) is 5.54 Å². The lowest BCUT2D eigenvalue weighted by atomic mass is 9.84. The number of likely N-dealkylation sites (tertiary alicyclic amines) is 1. The van der Waals surface area contributed by atoms with Gasteiger partial charge < -0.3 is 15.1 Å². The van der Waals surface area contributed by atoms with Crippen LogP contribution in [0.25, 0.3) is 0 Å². The van der Waals surface area contributed by atoms with Crippen molar-refractivity contribution >= 4 is 33.4 Å². The van der Waals surface area contributed by atoms with Gasteiger partial charge in [-0.1, -0.05) is 53.1 Å². The van der Waals surface area contributed by atoms with Crippen LogP contribution in [-0.2, 0) is 32.6 Å². The summed E-state index contributed by atoms with van der Waals surface area (Å²) in [5.41, 5.74) is 3.04. The Bertz CT molecular complexity index is 1220. The molecule has 0 saturated carbocycles. The molecule has 0 aliphatic carbocycles. The minimum Gasteiger partial charge on any atom is -0.336 e. The number of carbonyl (C=O) groups is 2. The molecule has 1 saturated heterocycles. The topological polar surface area (TPSA) is 98.8 Å². The number of likely N-dealkylation sites (N-methyl/N-ethyl adjacent to an activating group) is 1. The molecule has 1 atom stereocenters. The number of nitrogens with one attached hydrogen (secondary N) is 2. The fraction of sp³-hybridized carbons (Fsp3) is 0.500. The monoisotopic (exact) mass is 562 g/mol. The van der Waals surface area contributed by atoms with Crippen molar-refractivity contribution in [2.24, 2.45) is 0 Å². The van der Waals surface area contributed by atoms with Gasteiger partial charge in [0.05, 0.1) is 12.2 Å². The molecule has 2 amide bonds. The van der Waals surface area contributed by atoms with E-state index in [1.807, 2.05) is 45.0 Å². The SMILES string of the molecule is CNCCNS(=O)(=O)CCCN(Cc1ccc(Cl)cc1)C(=O)C1(C)CCN1C(=O)Cc1cc(C)cc(C)c1. The van der Waals surface area contributed by atoms with Crippen LogP contribution in [0.15, 0.2) is 42.5 Å². The second-order valence-corrected chi connectivity index (χ2v) is 12.6. The third kappa shape index (κ3) is 8.02. The number of amides is 2. The van der Waals surface area contributed by atoms with Crippen molar-refractivity contribution in [3.05, 3.63) is 69.7 Å². The summed E-state index contributed by atoms with van der Waals surface area (Å²) < 4.78 is 27.3. The van der Waals surface area contributed by atoms with Crippen molar-refractivity contribution in [2.75, 3.05) is 39.0 Å². The van der Waals surface area contributed by atoms with E-state index in [1.54, 1.807) is 29.0 Å². The normalized spacial score (nSPS) is 17.2. The fourth-order valence-electron chi connectivity index (χ4n) is 4.87. The van der Waals surface area contributed by atoms with Crippen molar-refractivity contribution in [1.82, 2.24) is 19.8 Å². The van der Waals surface area contributed by atoms with E-state index in [1.165, 1.54) is 0 Å². The average molecular weight is 563 g/mol. The van der Waals surface area contributed by atoms with Gasteiger partial charge in [0, 0.05) is 37.7 Å². The highest BCUT2D eigenvalue weighted by Gasteiger charge is 2.50. The number of carbonyl (C=O) groups excluding carboxylic acids is 2. The van der Waals surface area contributed by atoms with Crippen LogP contribution in [0.5, 0.6) is 0 Å². The number of hydrogen-bond donors (Lipinski definition) is 2. The summed E-state index contributed by atoms with van der Waals surface area (Å²) in [6, 6.07) is 13.3. The molecule has 0 radical (unpaired) electrons. The summed E-state index contributed by atoms with van der Waals surface area (Å²) in [6.07, 6.45) is 1.07. The molecule has 1 fully saturated rings. The molecular formula is C28H39ClN4O4S. The molecule has 0 aromatic heterocycles. The van der Waals surface area contributed by atoms with Gasteiger partial charge in [-0.3, -0.25) is 9.59 Å². The van der Waals surface area contributed by atoms with Gasteiger partial charge in [-0.05, 0) is 63.9 Å². The molecule has 8 nitrogen and oxygen atoms in total. The van der Waals surface area contributed by atoms with Crippen LogP contribution >= 0.6 is 11.6 Å². The first-order valence-electron chi connectivity index (χ1n) is 13.0. The Hall–Kier alpha value is -2.46. The molecule has 208 valence electrons. The molecule has 1 unspecified atom stereocenters. The summed E-state index contributed by atoms with van der Waals surface area (Å²) in [7, 11) is -1.70. The summed E-state index contributed by atoms with van der Waals surface area (Å²) >= 11 is 6.04. The molecule has 0 bridgehead atoms. The first kappa shape index (κ1) is 30.1. The largest absolute Gasteiger partial charge is 0.336 e. The number of halogens is 1. The maximum atomic E-state index is 13.9. The molecule has 2 N–H and O–H groups in total. The predicted molar refractivity (Wildman–Crippen MR) is 152 cm³/mol. The number of hydrogen-bond acceptors (Lipinski definition) is 5. The minimum atomic E-state index is -3.46. The third-order valence-corrected chi connectivity index (χ3v) is 8.65. The van der Waals surface area contributed by atoms with E-state index in [2.05, 4.69) is 16.1 Å².